The monoisotopic (exact) mass is 307 g/mol. The van der Waals surface area contributed by atoms with Gasteiger partial charge in [-0.1, -0.05) is 46.0 Å². The molecule has 0 nitrogen and oxygen atoms in total. The Labute approximate surface area is 137 Å². The van der Waals surface area contributed by atoms with Crippen molar-refractivity contribution in [3.8, 4) is 0 Å². The summed E-state index contributed by atoms with van der Waals surface area (Å²) in [4.78, 5) is 0. The van der Waals surface area contributed by atoms with E-state index in [9.17, 15) is 4.39 Å². The Hall–Kier alpha value is -0.0700. The summed E-state index contributed by atoms with van der Waals surface area (Å²) < 4.78 is 14.4. The average molecular weight is 308 g/mol. The third kappa shape index (κ3) is 4.26. The van der Waals surface area contributed by atoms with E-state index < -0.39 is 6.17 Å². The van der Waals surface area contributed by atoms with Gasteiger partial charge in [-0.15, -0.1) is 0 Å². The van der Waals surface area contributed by atoms with Gasteiger partial charge in [0.1, 0.15) is 6.17 Å². The lowest BCUT2D eigenvalue weighted by Gasteiger charge is -2.40. The summed E-state index contributed by atoms with van der Waals surface area (Å²) in [5.41, 5.74) is 0. The van der Waals surface area contributed by atoms with Crippen molar-refractivity contribution in [2.75, 3.05) is 0 Å². The second kappa shape index (κ2) is 7.67. The van der Waals surface area contributed by atoms with E-state index in [0.29, 0.717) is 17.8 Å². The Morgan fingerprint density at radius 1 is 0.818 bits per heavy atom. The lowest BCUT2D eigenvalue weighted by Crippen LogP contribution is -2.33. The highest BCUT2D eigenvalue weighted by Crippen LogP contribution is 2.45. The van der Waals surface area contributed by atoms with E-state index in [-0.39, 0.29) is 0 Å². The number of hydrogen-bond acceptors (Lipinski definition) is 0. The highest BCUT2D eigenvalue weighted by Gasteiger charge is 2.36. The first-order valence-corrected chi connectivity index (χ1v) is 10.1. The van der Waals surface area contributed by atoms with Gasteiger partial charge in [0.05, 0.1) is 0 Å². The topological polar surface area (TPSA) is 0 Å². The van der Waals surface area contributed by atoms with Gasteiger partial charge in [0.15, 0.2) is 0 Å². The maximum Gasteiger partial charge on any atom is 0.103 e. The molecule has 1 radical (unpaired) electrons. The van der Waals surface area contributed by atoms with Crippen LogP contribution in [0.4, 0.5) is 4.39 Å². The van der Waals surface area contributed by atoms with Crippen LogP contribution in [0.1, 0.15) is 90.9 Å². The van der Waals surface area contributed by atoms with E-state index in [1.54, 1.807) is 0 Å². The summed E-state index contributed by atoms with van der Waals surface area (Å²) in [7, 11) is 0. The van der Waals surface area contributed by atoms with Gasteiger partial charge in [-0.05, 0) is 80.5 Å². The normalized spacial score (nSPS) is 42.4. The van der Waals surface area contributed by atoms with Crippen molar-refractivity contribution < 1.29 is 4.39 Å². The highest BCUT2D eigenvalue weighted by atomic mass is 19.1. The van der Waals surface area contributed by atoms with Gasteiger partial charge in [0, 0.05) is 0 Å². The molecule has 3 atom stereocenters. The van der Waals surface area contributed by atoms with Crippen molar-refractivity contribution in [3.05, 3.63) is 5.92 Å². The third-order valence-electron chi connectivity index (χ3n) is 7.14. The Balaban J connectivity index is 1.40. The van der Waals surface area contributed by atoms with E-state index in [2.05, 4.69) is 13.8 Å². The summed E-state index contributed by atoms with van der Waals surface area (Å²) in [5.74, 6) is 5.47. The van der Waals surface area contributed by atoms with E-state index in [1.165, 1.54) is 64.2 Å². The molecule has 3 rings (SSSR count). The quantitative estimate of drug-likeness (QED) is 0.541. The zero-order chi connectivity index (χ0) is 15.5. The predicted molar refractivity (Wildman–Crippen MR) is 92.3 cm³/mol. The molecule has 127 valence electrons. The van der Waals surface area contributed by atoms with Gasteiger partial charge in [-0.3, -0.25) is 0 Å². The lowest BCUT2D eigenvalue weighted by atomic mass is 9.67. The van der Waals surface area contributed by atoms with Crippen LogP contribution < -0.4 is 0 Å². The Bertz CT molecular complexity index is 323. The van der Waals surface area contributed by atoms with Crippen LogP contribution in [0.3, 0.4) is 0 Å². The van der Waals surface area contributed by atoms with E-state index >= 15 is 0 Å². The molecule has 0 aliphatic heterocycles. The molecule has 0 amide bonds. The molecule has 0 bridgehead atoms. The first kappa shape index (κ1) is 16.8. The molecule has 0 aromatic rings. The summed E-state index contributed by atoms with van der Waals surface area (Å²) in [6.45, 7) is 4.63. The largest absolute Gasteiger partial charge is 0.247 e. The predicted octanol–water partition coefficient (Wildman–Crippen LogP) is 6.74. The van der Waals surface area contributed by atoms with Crippen molar-refractivity contribution >= 4 is 0 Å². The molecule has 0 spiro atoms. The van der Waals surface area contributed by atoms with Crippen LogP contribution in [0.25, 0.3) is 0 Å². The fourth-order valence-corrected chi connectivity index (χ4v) is 5.47. The Morgan fingerprint density at radius 3 is 2.14 bits per heavy atom. The van der Waals surface area contributed by atoms with Gasteiger partial charge >= 0.3 is 0 Å². The van der Waals surface area contributed by atoms with Gasteiger partial charge in [0.2, 0.25) is 0 Å². The molecule has 3 unspecified atom stereocenters. The van der Waals surface area contributed by atoms with Crippen molar-refractivity contribution in [1.82, 2.24) is 0 Å². The molecule has 3 fully saturated rings. The molecule has 0 N–H and O–H groups in total. The Morgan fingerprint density at radius 2 is 1.50 bits per heavy atom. The number of hydrogen-bond donors (Lipinski definition) is 0. The molecule has 0 heterocycles. The summed E-state index contributed by atoms with van der Waals surface area (Å²) in [6, 6.07) is 0. The van der Waals surface area contributed by atoms with Crippen LogP contribution in [0, 0.1) is 35.5 Å². The molecule has 22 heavy (non-hydrogen) atoms. The van der Waals surface area contributed by atoms with Crippen molar-refractivity contribution in [1.29, 1.82) is 0 Å². The second-order valence-corrected chi connectivity index (χ2v) is 9.02. The fraction of sp³-hybridized carbons (Fsp3) is 0.952. The minimum atomic E-state index is -0.500. The van der Waals surface area contributed by atoms with Crippen LogP contribution in [0.2, 0.25) is 0 Å². The van der Waals surface area contributed by atoms with E-state index in [4.69, 9.17) is 0 Å². The molecule has 0 aromatic heterocycles. The van der Waals surface area contributed by atoms with Crippen LogP contribution in [0.5, 0.6) is 0 Å². The van der Waals surface area contributed by atoms with Crippen LogP contribution >= 0.6 is 0 Å². The van der Waals surface area contributed by atoms with Crippen LogP contribution in [-0.2, 0) is 0 Å². The van der Waals surface area contributed by atoms with E-state index in [0.717, 1.165) is 24.7 Å². The smallest absolute Gasteiger partial charge is 0.103 e. The molecule has 0 aromatic carbocycles. The minimum Gasteiger partial charge on any atom is -0.247 e. The Kier molecular flexibility index (Phi) is 5.85. The first-order valence-electron chi connectivity index (χ1n) is 10.1. The van der Waals surface area contributed by atoms with Gasteiger partial charge < -0.3 is 0 Å². The van der Waals surface area contributed by atoms with Gasteiger partial charge in [-0.2, -0.15) is 0 Å². The average Bonchev–Trinajstić information content (AvgIpc) is 2.51. The van der Waals surface area contributed by atoms with Crippen molar-refractivity contribution in [3.63, 3.8) is 0 Å². The zero-order valence-corrected chi connectivity index (χ0v) is 14.8. The molecule has 3 aliphatic carbocycles. The number of alkyl halides is 1. The van der Waals surface area contributed by atoms with Gasteiger partial charge in [0.25, 0.3) is 0 Å². The third-order valence-corrected chi connectivity index (χ3v) is 7.14. The SMILES string of the molecule is CC1CC[C](CC2CCC(C3CCC(C)CC3F)CC2)CC1. The van der Waals surface area contributed by atoms with Gasteiger partial charge in [-0.25, -0.2) is 4.39 Å². The summed E-state index contributed by atoms with van der Waals surface area (Å²) in [5, 5.41) is 0. The maximum atomic E-state index is 14.4. The number of halogens is 1. The van der Waals surface area contributed by atoms with Crippen molar-refractivity contribution in [2.24, 2.45) is 29.6 Å². The van der Waals surface area contributed by atoms with Crippen molar-refractivity contribution in [2.45, 2.75) is 97.1 Å². The lowest BCUT2D eigenvalue weighted by molar-refractivity contribution is 0.0619. The molecule has 3 aliphatic rings. The standard InChI is InChI=1S/C21H36F/c1-15-3-6-17(7-4-15)14-18-8-10-19(11-9-18)20-12-5-16(2)13-21(20)22/h15-16,18-21H,3-14H2,1-2H3. The number of rotatable bonds is 3. The molecular weight excluding hydrogens is 271 g/mol. The molecule has 3 saturated carbocycles. The summed E-state index contributed by atoms with van der Waals surface area (Å²) in [6.07, 6.45) is 15.2. The first-order chi connectivity index (χ1) is 10.6. The summed E-state index contributed by atoms with van der Waals surface area (Å²) >= 11 is 0. The van der Waals surface area contributed by atoms with Crippen LogP contribution in [-0.4, -0.2) is 6.17 Å². The molecule has 0 saturated heterocycles. The van der Waals surface area contributed by atoms with Crippen LogP contribution in [0.15, 0.2) is 0 Å². The zero-order valence-electron chi connectivity index (χ0n) is 14.8. The fourth-order valence-electron chi connectivity index (χ4n) is 5.47. The second-order valence-electron chi connectivity index (χ2n) is 9.02. The molecular formula is C21H36F. The maximum absolute atomic E-state index is 14.4. The molecule has 1 heteroatoms. The highest BCUT2D eigenvalue weighted by molar-refractivity contribution is 4.97. The minimum absolute atomic E-state index is 0.403. The van der Waals surface area contributed by atoms with E-state index in [1.807, 2.05) is 5.92 Å².